The summed E-state index contributed by atoms with van der Waals surface area (Å²) < 4.78 is 0.942. The fraction of sp³-hybridized carbons (Fsp3) is 0.250. The molecule has 0 atom stereocenters. The van der Waals surface area contributed by atoms with Crippen molar-refractivity contribution in [2.45, 2.75) is 6.92 Å². The maximum absolute atomic E-state index is 3.53. The second-order valence-corrected chi connectivity index (χ2v) is 1.75. The summed E-state index contributed by atoms with van der Waals surface area (Å²) in [7, 11) is 0. The molecule has 0 saturated carbocycles. The third-order valence-electron chi connectivity index (χ3n) is 0.313. The van der Waals surface area contributed by atoms with Crippen LogP contribution in [0, 0.1) is 6.92 Å². The number of rotatable bonds is 0. The molecule has 0 heterocycles. The monoisotopic (exact) mass is 133 g/mol. The maximum Gasteiger partial charge on any atom is -0.00885 e. The smallest absolute Gasteiger partial charge is 0.00885 e. The molecule has 0 spiro atoms. The molecule has 0 saturated heterocycles. The Morgan fingerprint density at radius 1 is 2.00 bits per heavy atom. The molecule has 5 heavy (non-hydrogen) atoms. The van der Waals surface area contributed by atoms with Gasteiger partial charge < -0.3 is 0 Å². The molecule has 0 amide bonds. The van der Waals surface area contributed by atoms with Crippen molar-refractivity contribution < 1.29 is 0 Å². The van der Waals surface area contributed by atoms with E-state index in [1.54, 1.807) is 0 Å². The molecule has 0 aliphatic carbocycles. The largest absolute Gasteiger partial charge is 0.0775 e. The van der Waals surface area contributed by atoms with Crippen LogP contribution in [0.15, 0.2) is 10.6 Å². The number of hydrogen-bond donors (Lipinski definition) is 0. The van der Waals surface area contributed by atoms with Crippen molar-refractivity contribution in [3.05, 3.63) is 17.5 Å². The van der Waals surface area contributed by atoms with E-state index in [1.165, 1.54) is 0 Å². The summed E-state index contributed by atoms with van der Waals surface area (Å²) in [6.07, 6.45) is 1.89. The zero-order chi connectivity index (χ0) is 4.28. The molecule has 0 aliphatic heterocycles. The van der Waals surface area contributed by atoms with Crippen molar-refractivity contribution in [1.29, 1.82) is 0 Å². The van der Waals surface area contributed by atoms with Crippen molar-refractivity contribution in [2.24, 2.45) is 0 Å². The van der Waals surface area contributed by atoms with Crippen molar-refractivity contribution in [3.63, 3.8) is 0 Å². The fourth-order valence-electron chi connectivity index (χ4n) is 0. The van der Waals surface area contributed by atoms with Gasteiger partial charge in [0.1, 0.15) is 0 Å². The van der Waals surface area contributed by atoms with Crippen LogP contribution in [0.2, 0.25) is 0 Å². The minimum absolute atomic E-state index is 0.942. The zero-order valence-electron chi connectivity index (χ0n) is 3.16. The van der Waals surface area contributed by atoms with Gasteiger partial charge in [0.25, 0.3) is 0 Å². The molecule has 0 aromatic heterocycles. The van der Waals surface area contributed by atoms with Gasteiger partial charge >= 0.3 is 0 Å². The highest BCUT2D eigenvalue weighted by Gasteiger charge is 1.64. The highest BCUT2D eigenvalue weighted by Crippen LogP contribution is 1.97. The minimum atomic E-state index is 0.942. The van der Waals surface area contributed by atoms with Crippen molar-refractivity contribution in [1.82, 2.24) is 0 Å². The van der Waals surface area contributed by atoms with Crippen LogP contribution in [0.4, 0.5) is 0 Å². The highest BCUT2D eigenvalue weighted by atomic mass is 79.9. The van der Waals surface area contributed by atoms with E-state index < -0.39 is 0 Å². The Hall–Kier alpha value is 0.220. The van der Waals surface area contributed by atoms with E-state index in [9.17, 15) is 0 Å². The molecule has 1 radical (unpaired) electrons. The first kappa shape index (κ1) is 5.22. The predicted molar refractivity (Wildman–Crippen MR) is 28.0 cm³/mol. The van der Waals surface area contributed by atoms with E-state index in [1.807, 2.05) is 13.0 Å². The normalized spacial score (nSPS) is 12.2. The first-order valence-corrected chi connectivity index (χ1v) is 2.20. The molecule has 0 unspecified atom stereocenters. The molecule has 1 heteroatoms. The lowest BCUT2D eigenvalue weighted by Crippen LogP contribution is -1.45. The molecular weight excluding hydrogens is 128 g/mol. The molecule has 0 N–H and O–H groups in total. The number of allylic oxidation sites excluding steroid dienone is 2. The molecule has 0 nitrogen and oxygen atoms in total. The summed E-state index contributed by atoms with van der Waals surface area (Å²) in [5.41, 5.74) is 0. The van der Waals surface area contributed by atoms with E-state index >= 15 is 0 Å². The summed E-state index contributed by atoms with van der Waals surface area (Å²) in [5, 5.41) is 0. The standard InChI is InChI=1S/C4H6Br/c1-3-4(2)5/h3H,2H2,1H3/b4-3-. The average molecular weight is 134 g/mol. The predicted octanol–water partition coefficient (Wildman–Crippen LogP) is 2.12. The van der Waals surface area contributed by atoms with Gasteiger partial charge in [-0.05, 0) is 18.3 Å². The van der Waals surface area contributed by atoms with Gasteiger partial charge in [-0.3, -0.25) is 0 Å². The summed E-state index contributed by atoms with van der Waals surface area (Å²) in [5.74, 6) is 0. The molecule has 29 valence electrons. The maximum atomic E-state index is 3.53. The van der Waals surface area contributed by atoms with Gasteiger partial charge in [-0.25, -0.2) is 0 Å². The zero-order valence-corrected chi connectivity index (χ0v) is 4.75. The molecule has 0 rings (SSSR count). The van der Waals surface area contributed by atoms with Gasteiger partial charge in [0, 0.05) is 0 Å². The van der Waals surface area contributed by atoms with Gasteiger partial charge in [-0.1, -0.05) is 22.0 Å². The van der Waals surface area contributed by atoms with Crippen molar-refractivity contribution in [3.8, 4) is 0 Å². The van der Waals surface area contributed by atoms with Crippen LogP contribution in [-0.2, 0) is 0 Å². The Kier molecular flexibility index (Phi) is 2.57. The van der Waals surface area contributed by atoms with E-state index in [-0.39, 0.29) is 0 Å². The third kappa shape index (κ3) is 4.22. The van der Waals surface area contributed by atoms with Gasteiger partial charge in [0.2, 0.25) is 0 Å². The van der Waals surface area contributed by atoms with Crippen LogP contribution >= 0.6 is 15.9 Å². The van der Waals surface area contributed by atoms with Crippen molar-refractivity contribution in [2.75, 3.05) is 0 Å². The first-order valence-electron chi connectivity index (χ1n) is 1.41. The van der Waals surface area contributed by atoms with Gasteiger partial charge in [-0.2, -0.15) is 0 Å². The molecule has 0 fully saturated rings. The second-order valence-electron chi connectivity index (χ2n) is 0.736. The summed E-state index contributed by atoms with van der Waals surface area (Å²) in [6, 6.07) is 0. The van der Waals surface area contributed by atoms with Crippen LogP contribution in [0.1, 0.15) is 6.92 Å². The summed E-state index contributed by atoms with van der Waals surface area (Å²) in [4.78, 5) is 0. The first-order chi connectivity index (χ1) is 2.27. The van der Waals surface area contributed by atoms with Crippen LogP contribution in [0.25, 0.3) is 0 Å². The molecule has 0 aliphatic rings. The Morgan fingerprint density at radius 2 is 2.20 bits per heavy atom. The number of hydrogen-bond acceptors (Lipinski definition) is 0. The second kappa shape index (κ2) is 2.46. The van der Waals surface area contributed by atoms with Gasteiger partial charge in [-0.15, -0.1) is 0 Å². The Morgan fingerprint density at radius 3 is 2.20 bits per heavy atom. The quantitative estimate of drug-likeness (QED) is 0.476. The lowest BCUT2D eigenvalue weighted by Gasteiger charge is -1.70. The molecular formula is C4H6Br. The lowest BCUT2D eigenvalue weighted by molar-refractivity contribution is 1.72. The van der Waals surface area contributed by atoms with Crippen LogP contribution in [0.3, 0.4) is 0 Å². The van der Waals surface area contributed by atoms with Crippen LogP contribution in [0.5, 0.6) is 0 Å². The molecule has 0 bridgehead atoms. The molecule has 0 aromatic rings. The van der Waals surface area contributed by atoms with Crippen LogP contribution < -0.4 is 0 Å². The highest BCUT2D eigenvalue weighted by molar-refractivity contribution is 9.11. The van der Waals surface area contributed by atoms with E-state index in [4.69, 9.17) is 0 Å². The Balaban J connectivity index is 3.14. The van der Waals surface area contributed by atoms with E-state index in [2.05, 4.69) is 22.9 Å². The summed E-state index contributed by atoms with van der Waals surface area (Å²) in [6.45, 7) is 5.46. The topological polar surface area (TPSA) is 0 Å². The van der Waals surface area contributed by atoms with E-state index in [0.29, 0.717) is 0 Å². The third-order valence-corrected chi connectivity index (χ3v) is 0.771. The van der Waals surface area contributed by atoms with Crippen molar-refractivity contribution >= 4 is 15.9 Å². The number of halogens is 1. The minimum Gasteiger partial charge on any atom is -0.0775 e. The Bertz CT molecular complexity index is 41.6. The van der Waals surface area contributed by atoms with Gasteiger partial charge in [0.15, 0.2) is 0 Å². The van der Waals surface area contributed by atoms with E-state index in [0.717, 1.165) is 4.48 Å². The molecule has 0 aromatic carbocycles. The SMILES string of the molecule is [CH2]/C(Br)=C/C. The fourth-order valence-corrected chi connectivity index (χ4v) is 0. The summed E-state index contributed by atoms with van der Waals surface area (Å²) >= 11 is 3.12. The van der Waals surface area contributed by atoms with Crippen LogP contribution in [-0.4, -0.2) is 0 Å². The van der Waals surface area contributed by atoms with Gasteiger partial charge in [0.05, 0.1) is 0 Å². The Labute approximate surface area is 41.0 Å². The lowest BCUT2D eigenvalue weighted by atomic mass is 10.6. The average Bonchev–Trinajstić information content (AvgIpc) is 1.38.